The van der Waals surface area contributed by atoms with Gasteiger partial charge in [0.15, 0.2) is 0 Å². The van der Waals surface area contributed by atoms with Gasteiger partial charge in [0.05, 0.1) is 6.20 Å². The second kappa shape index (κ2) is 6.47. The Labute approximate surface area is 119 Å². The summed E-state index contributed by atoms with van der Waals surface area (Å²) in [6.07, 6.45) is 5.17. The number of aromatic nitrogens is 2. The lowest BCUT2D eigenvalue weighted by atomic mass is 10.1. The number of aliphatic carboxylic acids is 1. The summed E-state index contributed by atoms with van der Waals surface area (Å²) in [5.41, 5.74) is 1.05. The van der Waals surface area contributed by atoms with Crippen LogP contribution in [-0.2, 0) is 11.3 Å². The number of nitrogens with one attached hydrogen (secondary N) is 2. The molecule has 6 nitrogen and oxygen atoms in total. The van der Waals surface area contributed by atoms with E-state index in [9.17, 15) is 14.0 Å². The number of nitrogens with zero attached hydrogens (tertiary/aromatic N) is 1. The van der Waals surface area contributed by atoms with Gasteiger partial charge < -0.3 is 10.4 Å². The summed E-state index contributed by atoms with van der Waals surface area (Å²) >= 11 is 0. The smallest absolute Gasteiger partial charge is 0.328 e. The fourth-order valence-corrected chi connectivity index (χ4v) is 1.62. The van der Waals surface area contributed by atoms with Crippen LogP contribution >= 0.6 is 0 Å². The average molecular weight is 289 g/mol. The summed E-state index contributed by atoms with van der Waals surface area (Å²) in [7, 11) is 0. The number of carboxylic acids is 1. The van der Waals surface area contributed by atoms with Crippen LogP contribution in [0, 0.1) is 5.82 Å². The maximum atomic E-state index is 13.7. The minimum Gasteiger partial charge on any atom is -0.478 e. The van der Waals surface area contributed by atoms with Crippen LogP contribution in [0.2, 0.25) is 0 Å². The van der Waals surface area contributed by atoms with E-state index in [1.807, 2.05) is 0 Å². The number of rotatable bonds is 5. The maximum absolute atomic E-state index is 13.7. The Morgan fingerprint density at radius 1 is 1.43 bits per heavy atom. The number of halogens is 1. The topological polar surface area (TPSA) is 95.1 Å². The summed E-state index contributed by atoms with van der Waals surface area (Å²) in [6, 6.07) is 3.84. The number of amides is 1. The minimum absolute atomic E-state index is 0.101. The molecular formula is C14H12FN3O3. The lowest BCUT2D eigenvalue weighted by molar-refractivity contribution is -0.131. The van der Waals surface area contributed by atoms with Crippen molar-refractivity contribution in [1.82, 2.24) is 15.5 Å². The molecule has 0 radical (unpaired) electrons. The van der Waals surface area contributed by atoms with Crippen molar-refractivity contribution in [3.05, 3.63) is 59.2 Å². The van der Waals surface area contributed by atoms with Crippen molar-refractivity contribution >= 4 is 18.0 Å². The normalized spacial score (nSPS) is 10.7. The molecule has 0 unspecified atom stereocenters. The number of carbonyl (C=O) groups excluding carboxylic acids is 1. The van der Waals surface area contributed by atoms with E-state index in [0.717, 1.165) is 23.8 Å². The molecule has 0 saturated carbocycles. The molecule has 1 aromatic carbocycles. The summed E-state index contributed by atoms with van der Waals surface area (Å²) in [4.78, 5) is 22.2. The number of H-pyrrole nitrogens is 1. The van der Waals surface area contributed by atoms with Gasteiger partial charge in [0, 0.05) is 35.5 Å². The first-order valence-corrected chi connectivity index (χ1v) is 6.02. The molecule has 0 fully saturated rings. The number of carbonyl (C=O) groups is 2. The van der Waals surface area contributed by atoms with E-state index in [0.29, 0.717) is 0 Å². The van der Waals surface area contributed by atoms with E-state index in [4.69, 9.17) is 5.11 Å². The molecule has 21 heavy (non-hydrogen) atoms. The Bertz CT molecular complexity index is 681. The van der Waals surface area contributed by atoms with Gasteiger partial charge in [-0.15, -0.1) is 0 Å². The van der Waals surface area contributed by atoms with Crippen LogP contribution in [0.1, 0.15) is 21.5 Å². The molecule has 2 rings (SSSR count). The van der Waals surface area contributed by atoms with Gasteiger partial charge >= 0.3 is 5.97 Å². The van der Waals surface area contributed by atoms with Crippen LogP contribution in [0.3, 0.4) is 0 Å². The molecule has 1 aromatic heterocycles. The highest BCUT2D eigenvalue weighted by Crippen LogP contribution is 2.12. The molecule has 2 aromatic rings. The van der Waals surface area contributed by atoms with Gasteiger partial charge in [-0.25, -0.2) is 9.18 Å². The molecular weight excluding hydrogens is 277 g/mol. The number of benzene rings is 1. The summed E-state index contributed by atoms with van der Waals surface area (Å²) in [5, 5.41) is 17.5. The van der Waals surface area contributed by atoms with Crippen molar-refractivity contribution in [1.29, 1.82) is 0 Å². The van der Waals surface area contributed by atoms with E-state index in [-0.39, 0.29) is 17.7 Å². The van der Waals surface area contributed by atoms with Crippen LogP contribution in [-0.4, -0.2) is 27.2 Å². The Hall–Kier alpha value is -2.96. The van der Waals surface area contributed by atoms with Gasteiger partial charge in [0.2, 0.25) is 0 Å². The van der Waals surface area contributed by atoms with E-state index in [1.54, 1.807) is 12.4 Å². The first kappa shape index (κ1) is 14.4. The Kier molecular flexibility index (Phi) is 4.45. The predicted molar refractivity (Wildman–Crippen MR) is 72.8 cm³/mol. The fourth-order valence-electron chi connectivity index (χ4n) is 1.62. The Balaban J connectivity index is 2.05. The van der Waals surface area contributed by atoms with Gasteiger partial charge in [-0.05, 0) is 18.2 Å². The molecule has 108 valence electrons. The highest BCUT2D eigenvalue weighted by molar-refractivity contribution is 5.94. The Morgan fingerprint density at radius 3 is 2.86 bits per heavy atom. The third-order valence-electron chi connectivity index (χ3n) is 2.68. The monoisotopic (exact) mass is 289 g/mol. The maximum Gasteiger partial charge on any atom is 0.328 e. The molecule has 0 aliphatic rings. The second-order valence-corrected chi connectivity index (χ2v) is 4.20. The van der Waals surface area contributed by atoms with Crippen molar-refractivity contribution in [3.63, 3.8) is 0 Å². The standard InChI is InChI=1S/C14H12FN3O3/c15-12-5-11(2-1-10(12)3-4-13(19)20)14(21)16-6-9-7-17-18-8-9/h1-5,7-8H,6H2,(H,16,21)(H,17,18)(H,19,20). The fraction of sp³-hybridized carbons (Fsp3) is 0.0714. The molecule has 1 amide bonds. The molecule has 0 aliphatic heterocycles. The van der Waals surface area contributed by atoms with Crippen molar-refractivity contribution in [2.24, 2.45) is 0 Å². The number of hydrogen-bond acceptors (Lipinski definition) is 3. The zero-order valence-corrected chi connectivity index (χ0v) is 10.8. The van der Waals surface area contributed by atoms with Crippen molar-refractivity contribution in [2.45, 2.75) is 6.54 Å². The van der Waals surface area contributed by atoms with Crippen LogP contribution in [0.15, 0.2) is 36.7 Å². The van der Waals surface area contributed by atoms with Gasteiger partial charge in [-0.1, -0.05) is 6.07 Å². The molecule has 0 bridgehead atoms. The molecule has 0 atom stereocenters. The lowest BCUT2D eigenvalue weighted by Crippen LogP contribution is -2.22. The minimum atomic E-state index is -1.17. The summed E-state index contributed by atoms with van der Waals surface area (Å²) in [5.74, 6) is -2.26. The highest BCUT2D eigenvalue weighted by atomic mass is 19.1. The van der Waals surface area contributed by atoms with Crippen LogP contribution in [0.4, 0.5) is 4.39 Å². The molecule has 0 spiro atoms. The second-order valence-electron chi connectivity index (χ2n) is 4.20. The van der Waals surface area contributed by atoms with E-state index < -0.39 is 17.7 Å². The highest BCUT2D eigenvalue weighted by Gasteiger charge is 2.09. The number of aromatic amines is 1. The van der Waals surface area contributed by atoms with Crippen molar-refractivity contribution in [2.75, 3.05) is 0 Å². The van der Waals surface area contributed by atoms with Gasteiger partial charge in [0.1, 0.15) is 5.82 Å². The largest absolute Gasteiger partial charge is 0.478 e. The molecule has 1 heterocycles. The van der Waals surface area contributed by atoms with Crippen LogP contribution in [0.5, 0.6) is 0 Å². The van der Waals surface area contributed by atoms with Crippen molar-refractivity contribution < 1.29 is 19.1 Å². The number of carboxylic acid groups (broad SMARTS) is 1. The Morgan fingerprint density at radius 2 is 2.24 bits per heavy atom. The zero-order chi connectivity index (χ0) is 15.2. The third-order valence-corrected chi connectivity index (χ3v) is 2.68. The zero-order valence-electron chi connectivity index (χ0n) is 10.8. The van der Waals surface area contributed by atoms with Gasteiger partial charge in [-0.3, -0.25) is 9.89 Å². The first-order chi connectivity index (χ1) is 10.1. The van der Waals surface area contributed by atoms with E-state index in [1.165, 1.54) is 12.1 Å². The first-order valence-electron chi connectivity index (χ1n) is 6.02. The quantitative estimate of drug-likeness (QED) is 0.728. The van der Waals surface area contributed by atoms with Crippen LogP contribution in [0.25, 0.3) is 6.08 Å². The SMILES string of the molecule is O=C(O)C=Cc1ccc(C(=O)NCc2cn[nH]c2)cc1F. The van der Waals surface area contributed by atoms with Gasteiger partial charge in [-0.2, -0.15) is 5.10 Å². The lowest BCUT2D eigenvalue weighted by Gasteiger charge is -2.05. The summed E-state index contributed by atoms with van der Waals surface area (Å²) in [6.45, 7) is 0.275. The van der Waals surface area contributed by atoms with Crippen LogP contribution < -0.4 is 5.32 Å². The third kappa shape index (κ3) is 4.00. The number of hydrogen-bond donors (Lipinski definition) is 3. The van der Waals surface area contributed by atoms with Gasteiger partial charge in [0.25, 0.3) is 5.91 Å². The average Bonchev–Trinajstić information content (AvgIpc) is 2.96. The molecule has 0 saturated heterocycles. The van der Waals surface area contributed by atoms with Crippen molar-refractivity contribution in [3.8, 4) is 0 Å². The molecule has 0 aliphatic carbocycles. The molecule has 3 N–H and O–H groups in total. The van der Waals surface area contributed by atoms with E-state index in [2.05, 4.69) is 15.5 Å². The predicted octanol–water partition coefficient (Wildman–Crippen LogP) is 1.58. The molecule has 7 heteroatoms. The summed E-state index contributed by atoms with van der Waals surface area (Å²) < 4.78 is 13.7. The van der Waals surface area contributed by atoms with E-state index >= 15 is 0 Å².